The van der Waals surface area contributed by atoms with Gasteiger partial charge in [-0.15, -0.1) is 0 Å². The molecular weight excluding hydrogens is 849 g/mol. The maximum atomic E-state index is 9.60. The molecule has 0 unspecified atom stereocenters. The third-order valence-electron chi connectivity index (χ3n) is 13.3. The molecule has 0 aliphatic heterocycles. The average molecular weight is 881 g/mol. The number of allylic oxidation sites excluding steroid dienone is 4. The zero-order chi connectivity index (χ0) is 46.6. The molecule has 2 aromatic heterocycles. The van der Waals surface area contributed by atoms with E-state index in [0.29, 0.717) is 70.1 Å². The lowest BCUT2D eigenvalue weighted by Gasteiger charge is -2.31. The second-order valence-corrected chi connectivity index (χ2v) is 17.0. The van der Waals surface area contributed by atoms with Gasteiger partial charge in [0, 0.05) is 33.4 Å². The summed E-state index contributed by atoms with van der Waals surface area (Å²) in [6, 6.07) is 60.6. The molecule has 10 nitrogen and oxygen atoms in total. The minimum atomic E-state index is -0.765. The van der Waals surface area contributed by atoms with Gasteiger partial charge in [-0.25, -0.2) is 29.9 Å². The lowest BCUT2D eigenvalue weighted by molar-refractivity contribution is 0.794. The highest BCUT2D eigenvalue weighted by Crippen LogP contribution is 2.63. The Bertz CT molecular complexity index is 3760. The van der Waals surface area contributed by atoms with Gasteiger partial charge in [0.1, 0.15) is 0 Å². The number of rotatable bonds is 6. The van der Waals surface area contributed by atoms with Crippen molar-refractivity contribution in [1.29, 1.82) is 21.0 Å². The maximum absolute atomic E-state index is 9.60. The summed E-state index contributed by atoms with van der Waals surface area (Å²) < 4.78 is 0. The number of hydrogen-bond acceptors (Lipinski definition) is 10. The molecule has 0 fully saturated rings. The van der Waals surface area contributed by atoms with Gasteiger partial charge in [0.25, 0.3) is 0 Å². The zero-order valence-electron chi connectivity index (χ0n) is 36.6. The van der Waals surface area contributed by atoms with Crippen LogP contribution in [0, 0.1) is 45.3 Å². The van der Waals surface area contributed by atoms with Crippen LogP contribution in [0.25, 0.3) is 84.8 Å². The van der Waals surface area contributed by atoms with Crippen LogP contribution in [0.4, 0.5) is 0 Å². The van der Waals surface area contributed by atoms with Crippen LogP contribution in [-0.4, -0.2) is 29.9 Å². The van der Waals surface area contributed by atoms with E-state index in [0.717, 1.165) is 77.9 Å². The van der Waals surface area contributed by atoms with Gasteiger partial charge in [-0.2, -0.15) is 21.0 Å². The van der Waals surface area contributed by atoms with Crippen molar-refractivity contribution in [1.82, 2.24) is 29.9 Å². The minimum Gasteiger partial charge on any atom is -0.209 e. The van der Waals surface area contributed by atoms with Crippen molar-refractivity contribution in [2.24, 2.45) is 0 Å². The molecule has 0 bridgehead atoms. The van der Waals surface area contributed by atoms with Crippen LogP contribution in [-0.2, 0) is 5.41 Å². The van der Waals surface area contributed by atoms with E-state index in [4.69, 9.17) is 29.9 Å². The van der Waals surface area contributed by atoms with Crippen molar-refractivity contribution in [3.05, 3.63) is 220 Å². The summed E-state index contributed by atoms with van der Waals surface area (Å²) in [5, 5.41) is 38.3. The Hall–Kier alpha value is -10.0. The summed E-state index contributed by atoms with van der Waals surface area (Å²) in [6.45, 7) is 0. The summed E-state index contributed by atoms with van der Waals surface area (Å²) >= 11 is 0. The average Bonchev–Trinajstić information content (AvgIpc) is 3.89. The van der Waals surface area contributed by atoms with Crippen LogP contribution in [0.15, 0.2) is 175 Å². The van der Waals surface area contributed by atoms with Crippen molar-refractivity contribution in [2.75, 3.05) is 0 Å². The minimum absolute atomic E-state index is 0.450. The van der Waals surface area contributed by atoms with E-state index in [2.05, 4.69) is 109 Å². The van der Waals surface area contributed by atoms with Gasteiger partial charge in [-0.1, -0.05) is 78.9 Å². The molecule has 69 heavy (non-hydrogen) atoms. The SMILES string of the molecule is N#CC1=CC=C(c2nc(-c3ccc(C#N)cc3)nc(-c3ccc4c(c3)C3(c5ccccc5-c5ccccc53)c3cc(-c5nc(-c6ccc(C#N)cc6)nc(-c6ccc(C#N)cc6)n5)ccc3-4)n2)CC1. The smallest absolute Gasteiger partial charge is 0.164 e. The highest BCUT2D eigenvalue weighted by atomic mass is 15.0. The summed E-state index contributed by atoms with van der Waals surface area (Å²) in [4.78, 5) is 30.4. The van der Waals surface area contributed by atoms with E-state index in [1.807, 2.05) is 48.6 Å². The molecule has 318 valence electrons. The van der Waals surface area contributed by atoms with Gasteiger partial charge < -0.3 is 0 Å². The molecule has 1 spiro atoms. The number of aromatic nitrogens is 6. The second kappa shape index (κ2) is 16.2. The highest BCUT2D eigenvalue weighted by Gasteiger charge is 2.52. The summed E-state index contributed by atoms with van der Waals surface area (Å²) in [6.07, 6.45) is 4.96. The number of nitrogens with zero attached hydrogens (tertiary/aromatic N) is 10. The fourth-order valence-electron chi connectivity index (χ4n) is 9.96. The molecule has 3 aliphatic rings. The standard InChI is InChI=1S/C59H32N10/c60-31-35-9-17-39(18-10-35)53-64-54(40-19-11-36(32-61)12-20-40)67-57(66-53)43-25-27-47-48-28-26-44(30-52(48)59(51(47)29-43)49-7-3-1-5-45(49)46-6-2-4-8-50(46)59)58-68-55(41-21-13-37(33-62)14-22-41)65-56(69-58)42-23-15-38(34-63)16-24-42/h1-15,17-23,25-30H,16,24H2. The maximum Gasteiger partial charge on any atom is 0.164 e. The van der Waals surface area contributed by atoms with Crippen LogP contribution < -0.4 is 0 Å². The monoisotopic (exact) mass is 880 g/mol. The van der Waals surface area contributed by atoms with Gasteiger partial charge in [0.2, 0.25) is 0 Å². The van der Waals surface area contributed by atoms with E-state index >= 15 is 0 Å². The molecule has 0 amide bonds. The quantitative estimate of drug-likeness (QED) is 0.156. The van der Waals surface area contributed by atoms with Crippen molar-refractivity contribution in [3.8, 4) is 103 Å². The third-order valence-corrected chi connectivity index (χ3v) is 13.3. The number of fused-ring (bicyclic) bond motifs is 10. The Morgan fingerprint density at radius 3 is 1.07 bits per heavy atom. The van der Waals surface area contributed by atoms with E-state index in [-0.39, 0.29) is 0 Å². The van der Waals surface area contributed by atoms with Gasteiger partial charge >= 0.3 is 0 Å². The van der Waals surface area contributed by atoms with Crippen molar-refractivity contribution in [3.63, 3.8) is 0 Å². The molecule has 2 heterocycles. The Kier molecular flexibility index (Phi) is 9.48. The number of hydrogen-bond donors (Lipinski definition) is 0. The number of benzene rings is 7. The van der Waals surface area contributed by atoms with Crippen molar-refractivity contribution in [2.45, 2.75) is 18.3 Å². The fraction of sp³-hybridized carbons (Fsp3) is 0.0508. The van der Waals surface area contributed by atoms with E-state index in [1.54, 1.807) is 36.4 Å². The molecule has 9 aromatic rings. The van der Waals surface area contributed by atoms with Crippen LogP contribution in [0.2, 0.25) is 0 Å². The fourth-order valence-corrected chi connectivity index (χ4v) is 9.96. The first-order valence-corrected chi connectivity index (χ1v) is 22.3. The first-order chi connectivity index (χ1) is 33.9. The van der Waals surface area contributed by atoms with E-state index in [1.165, 1.54) is 0 Å². The Balaban J connectivity index is 1.07. The molecule has 0 N–H and O–H groups in total. The molecular formula is C59H32N10. The van der Waals surface area contributed by atoms with Crippen molar-refractivity contribution < 1.29 is 0 Å². The lowest BCUT2D eigenvalue weighted by atomic mass is 9.70. The zero-order valence-corrected chi connectivity index (χ0v) is 36.6. The van der Waals surface area contributed by atoms with Crippen LogP contribution in [0.5, 0.6) is 0 Å². The Morgan fingerprint density at radius 2 is 0.696 bits per heavy atom. The molecule has 12 rings (SSSR count). The Morgan fingerprint density at radius 1 is 0.333 bits per heavy atom. The topological polar surface area (TPSA) is 172 Å². The van der Waals surface area contributed by atoms with Crippen LogP contribution in [0.1, 0.15) is 57.6 Å². The first kappa shape index (κ1) is 40.5. The normalized spacial score (nSPS) is 13.3. The van der Waals surface area contributed by atoms with Gasteiger partial charge in [0.05, 0.1) is 46.4 Å². The van der Waals surface area contributed by atoms with Gasteiger partial charge in [-0.3, -0.25) is 0 Å². The van der Waals surface area contributed by atoms with E-state index in [9.17, 15) is 21.0 Å². The Labute approximate surface area is 396 Å². The van der Waals surface area contributed by atoms with Crippen molar-refractivity contribution >= 4 is 5.57 Å². The summed E-state index contributed by atoms with van der Waals surface area (Å²) in [5.74, 6) is 2.89. The largest absolute Gasteiger partial charge is 0.209 e. The lowest BCUT2D eigenvalue weighted by Crippen LogP contribution is -2.26. The third kappa shape index (κ3) is 6.60. The molecule has 3 aliphatic carbocycles. The summed E-state index contributed by atoms with van der Waals surface area (Å²) in [7, 11) is 0. The molecule has 10 heteroatoms. The number of nitriles is 4. The first-order valence-electron chi connectivity index (χ1n) is 22.3. The molecule has 0 radical (unpaired) electrons. The van der Waals surface area contributed by atoms with Crippen LogP contribution >= 0.6 is 0 Å². The predicted molar refractivity (Wildman–Crippen MR) is 262 cm³/mol. The predicted octanol–water partition coefficient (Wildman–Crippen LogP) is 12.0. The van der Waals surface area contributed by atoms with Gasteiger partial charge in [0.15, 0.2) is 34.9 Å². The highest BCUT2D eigenvalue weighted by molar-refractivity contribution is 5.96. The second-order valence-electron chi connectivity index (χ2n) is 17.0. The summed E-state index contributed by atoms with van der Waals surface area (Å²) in [5.41, 5.74) is 15.2. The molecule has 7 aromatic carbocycles. The van der Waals surface area contributed by atoms with E-state index < -0.39 is 5.41 Å². The molecule has 0 saturated heterocycles. The molecule has 0 saturated carbocycles. The molecule has 0 atom stereocenters. The van der Waals surface area contributed by atoms with Crippen LogP contribution in [0.3, 0.4) is 0 Å². The van der Waals surface area contributed by atoms with Gasteiger partial charge in [-0.05, 0) is 154 Å².